The van der Waals surface area contributed by atoms with Gasteiger partial charge in [0, 0.05) is 25.2 Å². The van der Waals surface area contributed by atoms with Crippen LogP contribution < -0.4 is 5.32 Å². The van der Waals surface area contributed by atoms with Crippen LogP contribution in [0.25, 0.3) is 0 Å². The molecule has 2 aliphatic rings. The minimum atomic E-state index is -3.53. The van der Waals surface area contributed by atoms with Crippen molar-refractivity contribution in [3.8, 4) is 0 Å². The van der Waals surface area contributed by atoms with Crippen LogP contribution in [0.15, 0.2) is 59.5 Å². The van der Waals surface area contributed by atoms with Crippen molar-refractivity contribution in [1.82, 2.24) is 9.62 Å². The first-order valence-corrected chi connectivity index (χ1v) is 11.3. The molecule has 1 N–H and O–H groups in total. The van der Waals surface area contributed by atoms with Crippen molar-refractivity contribution in [3.05, 3.63) is 65.7 Å². The summed E-state index contributed by atoms with van der Waals surface area (Å²) in [5, 5.41) is 3.19. The Labute approximate surface area is 166 Å². The van der Waals surface area contributed by atoms with E-state index in [9.17, 15) is 13.2 Å². The van der Waals surface area contributed by atoms with Crippen LogP contribution in [-0.4, -0.2) is 31.7 Å². The van der Waals surface area contributed by atoms with E-state index >= 15 is 0 Å². The zero-order valence-corrected chi connectivity index (χ0v) is 16.9. The highest BCUT2D eigenvalue weighted by Gasteiger charge is 2.40. The van der Waals surface area contributed by atoms with Gasteiger partial charge in [0.25, 0.3) is 5.91 Å². The maximum atomic E-state index is 12.6. The van der Waals surface area contributed by atoms with Gasteiger partial charge in [0.2, 0.25) is 10.0 Å². The zero-order chi connectivity index (χ0) is 19.7. The maximum absolute atomic E-state index is 12.6. The Morgan fingerprint density at radius 1 is 1.04 bits per heavy atom. The number of nitrogens with zero attached hydrogens (tertiary/aromatic N) is 1. The maximum Gasteiger partial charge on any atom is 0.251 e. The zero-order valence-electron chi connectivity index (χ0n) is 16.0. The summed E-state index contributed by atoms with van der Waals surface area (Å²) in [5.41, 5.74) is 1.47. The third-order valence-electron chi connectivity index (χ3n) is 6.13. The van der Waals surface area contributed by atoms with Crippen molar-refractivity contribution in [1.29, 1.82) is 0 Å². The van der Waals surface area contributed by atoms with E-state index in [0.717, 1.165) is 17.9 Å². The van der Waals surface area contributed by atoms with Crippen molar-refractivity contribution in [3.63, 3.8) is 0 Å². The van der Waals surface area contributed by atoms with Crippen molar-refractivity contribution >= 4 is 15.9 Å². The molecule has 0 heterocycles. The summed E-state index contributed by atoms with van der Waals surface area (Å²) < 4.78 is 26.6. The predicted octanol–water partition coefficient (Wildman–Crippen LogP) is 3.43. The molecule has 0 spiro atoms. The molecule has 0 radical (unpaired) electrons. The summed E-state index contributed by atoms with van der Waals surface area (Å²) in [6.45, 7) is 0.255. The summed E-state index contributed by atoms with van der Waals surface area (Å²) in [7, 11) is -1.96. The third kappa shape index (κ3) is 3.84. The van der Waals surface area contributed by atoms with Gasteiger partial charge in [0.1, 0.15) is 0 Å². The molecule has 2 aromatic rings. The molecule has 0 aromatic heterocycles. The fourth-order valence-corrected chi connectivity index (χ4v) is 5.73. The summed E-state index contributed by atoms with van der Waals surface area (Å²) in [6, 6.07) is 15.9. The summed E-state index contributed by atoms with van der Waals surface area (Å²) in [6.07, 6.45) is 4.91. The number of carbonyl (C=O) groups excluding carboxylic acids is 1. The number of rotatable bonds is 6. The highest BCUT2D eigenvalue weighted by Crippen LogP contribution is 2.44. The standard InChI is InChI=1S/C22H26N2O3S/c1-24(28(26,27)20-5-3-2-4-6-20)15-16-7-10-18(11-8-16)22(25)23-21-14-17-9-12-19(21)13-17/h2-8,10-11,17,19,21H,9,12-15H2,1H3,(H,23,25). The Hall–Kier alpha value is -2.18. The van der Waals surface area contributed by atoms with E-state index in [-0.39, 0.29) is 17.3 Å². The van der Waals surface area contributed by atoms with Crippen LogP contribution in [0.4, 0.5) is 0 Å². The van der Waals surface area contributed by atoms with Crippen molar-refractivity contribution in [2.24, 2.45) is 11.8 Å². The molecule has 3 unspecified atom stereocenters. The van der Waals surface area contributed by atoms with Crippen LogP contribution in [0.3, 0.4) is 0 Å². The summed E-state index contributed by atoms with van der Waals surface area (Å²) in [4.78, 5) is 12.8. The number of sulfonamides is 1. The molecule has 4 rings (SSSR count). The molecule has 2 aliphatic carbocycles. The fraction of sp³-hybridized carbons (Fsp3) is 0.409. The van der Waals surface area contributed by atoms with Gasteiger partial charge in [-0.2, -0.15) is 4.31 Å². The molecule has 2 bridgehead atoms. The number of amides is 1. The Bertz CT molecular complexity index is 942. The molecule has 2 aromatic carbocycles. The predicted molar refractivity (Wildman–Crippen MR) is 108 cm³/mol. The molecule has 0 saturated heterocycles. The molecule has 2 fully saturated rings. The molecule has 6 heteroatoms. The van der Waals surface area contributed by atoms with Crippen LogP contribution in [0.1, 0.15) is 41.6 Å². The van der Waals surface area contributed by atoms with E-state index in [2.05, 4.69) is 5.32 Å². The quantitative estimate of drug-likeness (QED) is 0.811. The van der Waals surface area contributed by atoms with Gasteiger partial charge in [0.05, 0.1) is 4.90 Å². The highest BCUT2D eigenvalue weighted by molar-refractivity contribution is 7.89. The van der Waals surface area contributed by atoms with Crippen molar-refractivity contribution in [2.45, 2.75) is 43.2 Å². The second kappa shape index (κ2) is 7.68. The SMILES string of the molecule is CN(Cc1ccc(C(=O)NC2CC3CCC2C3)cc1)S(=O)(=O)c1ccccc1. The Kier molecular flexibility index (Phi) is 5.25. The van der Waals surface area contributed by atoms with E-state index < -0.39 is 10.0 Å². The minimum absolute atomic E-state index is 0.0330. The average molecular weight is 399 g/mol. The van der Waals surface area contributed by atoms with Crippen LogP contribution >= 0.6 is 0 Å². The Morgan fingerprint density at radius 3 is 2.36 bits per heavy atom. The van der Waals surface area contributed by atoms with Crippen LogP contribution in [0.2, 0.25) is 0 Å². The lowest BCUT2D eigenvalue weighted by atomic mass is 9.95. The van der Waals surface area contributed by atoms with Crippen LogP contribution in [0, 0.1) is 11.8 Å². The van der Waals surface area contributed by atoms with Crippen LogP contribution in [0.5, 0.6) is 0 Å². The second-order valence-electron chi connectivity index (χ2n) is 8.03. The molecule has 28 heavy (non-hydrogen) atoms. The number of benzene rings is 2. The monoisotopic (exact) mass is 398 g/mol. The largest absolute Gasteiger partial charge is 0.349 e. The molecule has 3 atom stereocenters. The lowest BCUT2D eigenvalue weighted by Crippen LogP contribution is -2.38. The lowest BCUT2D eigenvalue weighted by Gasteiger charge is -2.23. The molecule has 2 saturated carbocycles. The Morgan fingerprint density at radius 2 is 1.75 bits per heavy atom. The average Bonchev–Trinajstić information content (AvgIpc) is 3.32. The second-order valence-corrected chi connectivity index (χ2v) is 10.1. The van der Waals surface area contributed by atoms with Gasteiger partial charge in [-0.25, -0.2) is 8.42 Å². The summed E-state index contributed by atoms with van der Waals surface area (Å²) >= 11 is 0. The van der Waals surface area contributed by atoms with Gasteiger partial charge in [-0.1, -0.05) is 36.8 Å². The molecule has 0 aliphatic heterocycles. The Balaban J connectivity index is 1.38. The molecular formula is C22H26N2O3S. The lowest BCUT2D eigenvalue weighted by molar-refractivity contribution is 0.0923. The first kappa shape index (κ1) is 19.2. The number of carbonyl (C=O) groups is 1. The third-order valence-corrected chi connectivity index (χ3v) is 7.94. The molecule has 148 valence electrons. The van der Waals surface area contributed by atoms with Crippen LogP contribution in [-0.2, 0) is 16.6 Å². The highest BCUT2D eigenvalue weighted by atomic mass is 32.2. The first-order valence-electron chi connectivity index (χ1n) is 9.84. The number of hydrogen-bond acceptors (Lipinski definition) is 3. The smallest absolute Gasteiger partial charge is 0.251 e. The number of nitrogens with one attached hydrogen (secondary N) is 1. The van der Waals surface area contributed by atoms with E-state index in [0.29, 0.717) is 17.5 Å². The fourth-order valence-electron chi connectivity index (χ4n) is 4.55. The van der Waals surface area contributed by atoms with E-state index in [4.69, 9.17) is 0 Å². The van der Waals surface area contributed by atoms with Gasteiger partial charge < -0.3 is 5.32 Å². The molecule has 5 nitrogen and oxygen atoms in total. The normalized spacial score (nSPS) is 23.9. The minimum Gasteiger partial charge on any atom is -0.349 e. The van der Waals surface area contributed by atoms with E-state index in [1.165, 1.54) is 23.6 Å². The van der Waals surface area contributed by atoms with Crippen molar-refractivity contribution < 1.29 is 13.2 Å². The number of hydrogen-bond donors (Lipinski definition) is 1. The van der Waals surface area contributed by atoms with Gasteiger partial charge in [-0.3, -0.25) is 4.79 Å². The van der Waals surface area contributed by atoms with E-state index in [1.807, 2.05) is 12.1 Å². The van der Waals surface area contributed by atoms with Gasteiger partial charge in [-0.15, -0.1) is 0 Å². The first-order chi connectivity index (χ1) is 13.4. The van der Waals surface area contributed by atoms with Gasteiger partial charge in [0.15, 0.2) is 0 Å². The van der Waals surface area contributed by atoms with Gasteiger partial charge >= 0.3 is 0 Å². The van der Waals surface area contributed by atoms with E-state index in [1.54, 1.807) is 49.5 Å². The van der Waals surface area contributed by atoms with Crippen molar-refractivity contribution in [2.75, 3.05) is 7.05 Å². The molecule has 1 amide bonds. The number of fused-ring (bicyclic) bond motifs is 2. The summed E-state index contributed by atoms with van der Waals surface area (Å²) in [5.74, 6) is 1.40. The molecular weight excluding hydrogens is 372 g/mol. The van der Waals surface area contributed by atoms with Gasteiger partial charge in [-0.05, 0) is 60.9 Å². The topological polar surface area (TPSA) is 66.5 Å².